The Morgan fingerprint density at radius 2 is 1.97 bits per heavy atom. The van der Waals surface area contributed by atoms with Crippen molar-refractivity contribution in [3.05, 3.63) is 65.7 Å². The molecule has 1 spiro atoms. The van der Waals surface area contributed by atoms with Crippen LogP contribution in [0.3, 0.4) is 0 Å². The van der Waals surface area contributed by atoms with Crippen molar-refractivity contribution in [2.45, 2.75) is 30.3 Å². The zero-order valence-corrected chi connectivity index (χ0v) is 18.3. The lowest BCUT2D eigenvalue weighted by atomic mass is 9.81. The van der Waals surface area contributed by atoms with Gasteiger partial charge >= 0.3 is 0 Å². The van der Waals surface area contributed by atoms with Crippen LogP contribution in [-0.2, 0) is 10.2 Å². The van der Waals surface area contributed by atoms with Gasteiger partial charge in [0, 0.05) is 40.6 Å². The average molecular weight is 438 g/mol. The van der Waals surface area contributed by atoms with Gasteiger partial charge in [-0.1, -0.05) is 19.1 Å². The number of fused-ring (bicyclic) bond motifs is 2. The van der Waals surface area contributed by atoms with Crippen LogP contribution >= 0.6 is 11.8 Å². The summed E-state index contributed by atoms with van der Waals surface area (Å²) in [6.07, 6.45) is 2.63. The fourth-order valence-corrected chi connectivity index (χ4v) is 5.00. The van der Waals surface area contributed by atoms with Gasteiger partial charge in [-0.2, -0.15) is 0 Å². The number of nitrogens with zero attached hydrogens (tertiary/aromatic N) is 3. The molecule has 2 aliphatic rings. The summed E-state index contributed by atoms with van der Waals surface area (Å²) >= 11 is 1.81. The topological polar surface area (TPSA) is 58.5 Å². The van der Waals surface area contributed by atoms with Crippen LogP contribution < -0.4 is 4.90 Å². The molecule has 2 aromatic carbocycles. The highest BCUT2D eigenvalue weighted by atomic mass is 32.2. The minimum Gasteiger partial charge on any atom is -0.389 e. The minimum absolute atomic E-state index is 0.00944. The first-order valence-electron chi connectivity index (χ1n) is 10.4. The Morgan fingerprint density at radius 1 is 1.19 bits per heavy atom. The second-order valence-corrected chi connectivity index (χ2v) is 9.50. The summed E-state index contributed by atoms with van der Waals surface area (Å²) in [6.45, 7) is 5.98. The van der Waals surface area contributed by atoms with Gasteiger partial charge in [-0.3, -0.25) is 0 Å². The van der Waals surface area contributed by atoms with E-state index in [1.165, 1.54) is 16.5 Å². The predicted octanol–water partition coefficient (Wildman–Crippen LogP) is 4.87. The highest BCUT2D eigenvalue weighted by Crippen LogP contribution is 2.48. The first-order valence-corrected chi connectivity index (χ1v) is 11.4. The van der Waals surface area contributed by atoms with Gasteiger partial charge in [-0.15, -0.1) is 11.8 Å². The third-order valence-corrected chi connectivity index (χ3v) is 6.90. The standard InChI is InChI=1S/C24H24FN3O2S/c1-3-31-18-5-6-20-22(9-18)28(12-24(20)13-30-14-24)23-26-10-17(11-27-23)19-8-16(15(2)29)4-7-21(19)25/h4-11,15,29H,3,12-14H2,1-2H3. The quantitative estimate of drug-likeness (QED) is 0.575. The SMILES string of the molecule is CCSc1ccc2c(c1)N(c1ncc(-c3cc(C(C)O)ccc3F)cn1)CC21COC1. The second-order valence-electron chi connectivity index (χ2n) is 8.16. The smallest absolute Gasteiger partial charge is 0.229 e. The molecule has 31 heavy (non-hydrogen) atoms. The molecule has 1 unspecified atom stereocenters. The first kappa shape index (κ1) is 20.4. The van der Waals surface area contributed by atoms with Crippen molar-refractivity contribution < 1.29 is 14.2 Å². The molecule has 1 atom stereocenters. The maximum atomic E-state index is 14.4. The van der Waals surface area contributed by atoms with E-state index in [0.29, 0.717) is 35.9 Å². The van der Waals surface area contributed by atoms with E-state index in [1.807, 2.05) is 11.8 Å². The Kier molecular flexibility index (Phi) is 5.20. The van der Waals surface area contributed by atoms with E-state index in [1.54, 1.807) is 31.5 Å². The zero-order chi connectivity index (χ0) is 21.6. The van der Waals surface area contributed by atoms with Crippen LogP contribution in [0.15, 0.2) is 53.7 Å². The van der Waals surface area contributed by atoms with Crippen LogP contribution in [0.5, 0.6) is 0 Å². The molecule has 0 amide bonds. The minimum atomic E-state index is -0.670. The summed E-state index contributed by atoms with van der Waals surface area (Å²) in [6, 6.07) is 11.2. The lowest BCUT2D eigenvalue weighted by Gasteiger charge is -2.38. The zero-order valence-electron chi connectivity index (χ0n) is 17.5. The van der Waals surface area contributed by atoms with Gasteiger partial charge in [0.05, 0.1) is 24.7 Å². The molecule has 0 saturated carbocycles. The molecule has 160 valence electrons. The number of halogens is 1. The Bertz CT molecular complexity index is 1120. The molecule has 1 aromatic heterocycles. The van der Waals surface area contributed by atoms with Crippen LogP contribution in [0.4, 0.5) is 16.0 Å². The van der Waals surface area contributed by atoms with Crippen molar-refractivity contribution >= 4 is 23.4 Å². The number of aliphatic hydroxyl groups is 1. The molecule has 1 fully saturated rings. The van der Waals surface area contributed by atoms with Gasteiger partial charge in [0.25, 0.3) is 0 Å². The summed E-state index contributed by atoms with van der Waals surface area (Å²) in [5.74, 6) is 1.24. The molecule has 5 rings (SSSR count). The van der Waals surface area contributed by atoms with Crippen LogP contribution in [0.1, 0.15) is 31.1 Å². The number of thioether (sulfide) groups is 1. The number of hydrogen-bond donors (Lipinski definition) is 1. The largest absolute Gasteiger partial charge is 0.389 e. The number of aliphatic hydroxyl groups excluding tert-OH is 1. The number of hydrogen-bond acceptors (Lipinski definition) is 6. The molecular formula is C24H24FN3O2S. The van der Waals surface area contributed by atoms with E-state index in [2.05, 4.69) is 40.0 Å². The summed E-state index contributed by atoms with van der Waals surface area (Å²) in [5.41, 5.74) is 4.02. The fourth-order valence-electron chi connectivity index (χ4n) is 4.31. The van der Waals surface area contributed by atoms with E-state index >= 15 is 0 Å². The van der Waals surface area contributed by atoms with Gasteiger partial charge in [0.15, 0.2) is 0 Å². The van der Waals surface area contributed by atoms with Crippen LogP contribution in [0, 0.1) is 5.82 Å². The van der Waals surface area contributed by atoms with Crippen molar-refractivity contribution in [1.82, 2.24) is 9.97 Å². The van der Waals surface area contributed by atoms with Gasteiger partial charge in [0.2, 0.25) is 5.95 Å². The molecule has 3 aromatic rings. The van der Waals surface area contributed by atoms with E-state index in [0.717, 1.165) is 18.0 Å². The molecular weight excluding hydrogens is 413 g/mol. The summed E-state index contributed by atoms with van der Waals surface area (Å²) < 4.78 is 20.0. The molecule has 1 N–H and O–H groups in total. The maximum Gasteiger partial charge on any atom is 0.229 e. The molecule has 2 aliphatic heterocycles. The Morgan fingerprint density at radius 3 is 2.61 bits per heavy atom. The van der Waals surface area contributed by atoms with Crippen molar-refractivity contribution in [2.24, 2.45) is 0 Å². The molecule has 7 heteroatoms. The van der Waals surface area contributed by atoms with Gasteiger partial charge in [-0.25, -0.2) is 14.4 Å². The monoisotopic (exact) mass is 437 g/mol. The summed E-state index contributed by atoms with van der Waals surface area (Å²) in [7, 11) is 0. The van der Waals surface area contributed by atoms with Crippen molar-refractivity contribution in [2.75, 3.05) is 30.4 Å². The summed E-state index contributed by atoms with van der Waals surface area (Å²) in [5, 5.41) is 9.83. The third-order valence-electron chi connectivity index (χ3n) is 6.02. The van der Waals surface area contributed by atoms with Gasteiger partial charge < -0.3 is 14.7 Å². The van der Waals surface area contributed by atoms with Gasteiger partial charge in [-0.05, 0) is 48.1 Å². The van der Waals surface area contributed by atoms with Crippen LogP contribution in [0.25, 0.3) is 11.1 Å². The normalized spacial score (nSPS) is 17.5. The van der Waals surface area contributed by atoms with Gasteiger partial charge in [0.1, 0.15) is 5.82 Å². The average Bonchev–Trinajstić information content (AvgIpc) is 3.10. The number of aromatic nitrogens is 2. The van der Waals surface area contributed by atoms with Crippen LogP contribution in [-0.4, -0.2) is 40.6 Å². The predicted molar refractivity (Wildman–Crippen MR) is 120 cm³/mol. The first-order chi connectivity index (χ1) is 15.0. The summed E-state index contributed by atoms with van der Waals surface area (Å²) in [4.78, 5) is 12.5. The number of ether oxygens (including phenoxy) is 1. The van der Waals surface area contributed by atoms with E-state index < -0.39 is 6.10 Å². The lowest BCUT2D eigenvalue weighted by molar-refractivity contribution is -0.0507. The van der Waals surface area contributed by atoms with Crippen molar-refractivity contribution in [3.63, 3.8) is 0 Å². The number of rotatable bonds is 5. The third kappa shape index (κ3) is 3.50. The molecule has 1 saturated heterocycles. The van der Waals surface area contributed by atoms with E-state index in [4.69, 9.17) is 4.74 Å². The second kappa shape index (κ2) is 7.89. The molecule has 0 aliphatic carbocycles. The molecule has 5 nitrogen and oxygen atoms in total. The Balaban J connectivity index is 1.50. The fraction of sp³-hybridized carbons (Fsp3) is 0.333. The maximum absolute atomic E-state index is 14.4. The molecule has 0 radical (unpaired) electrons. The highest BCUT2D eigenvalue weighted by Gasteiger charge is 2.49. The van der Waals surface area contributed by atoms with Crippen molar-refractivity contribution in [1.29, 1.82) is 0 Å². The van der Waals surface area contributed by atoms with E-state index in [9.17, 15) is 9.50 Å². The lowest BCUT2D eigenvalue weighted by Crippen LogP contribution is -2.49. The Labute approximate surface area is 185 Å². The number of anilines is 2. The van der Waals surface area contributed by atoms with Crippen molar-refractivity contribution in [3.8, 4) is 11.1 Å². The molecule has 3 heterocycles. The Hall–Kier alpha value is -2.48. The van der Waals surface area contributed by atoms with E-state index in [-0.39, 0.29) is 11.2 Å². The highest BCUT2D eigenvalue weighted by molar-refractivity contribution is 7.99. The number of benzene rings is 2. The molecule has 0 bridgehead atoms. The van der Waals surface area contributed by atoms with Crippen LogP contribution in [0.2, 0.25) is 0 Å².